The Kier molecular flexibility index (Phi) is 3.52. The Bertz CT molecular complexity index is 573. The van der Waals surface area contributed by atoms with Crippen LogP contribution in [0.4, 0.5) is 0 Å². The van der Waals surface area contributed by atoms with Crippen LogP contribution in [0.2, 0.25) is 0 Å². The summed E-state index contributed by atoms with van der Waals surface area (Å²) in [6.07, 6.45) is 4.86. The van der Waals surface area contributed by atoms with Crippen molar-refractivity contribution in [3.63, 3.8) is 0 Å². The number of hydrazone groups is 1. The second-order valence-electron chi connectivity index (χ2n) is 3.81. The van der Waals surface area contributed by atoms with Crippen molar-refractivity contribution in [3.8, 4) is 0 Å². The van der Waals surface area contributed by atoms with E-state index in [1.807, 2.05) is 6.07 Å². The van der Waals surface area contributed by atoms with Crippen LogP contribution in [0.3, 0.4) is 0 Å². The number of aryl methyl sites for hydroxylation is 2. The van der Waals surface area contributed by atoms with Crippen LogP contribution in [0.25, 0.3) is 0 Å². The number of rotatable bonds is 3. The molecule has 0 spiro atoms. The maximum Gasteiger partial charge on any atom is 0.274 e. The highest BCUT2D eigenvalue weighted by molar-refractivity contribution is 5.95. The largest absolute Gasteiger partial charge is 0.466 e. The Labute approximate surface area is 105 Å². The Morgan fingerprint density at radius 2 is 2.33 bits per heavy atom. The third-order valence-corrected chi connectivity index (χ3v) is 2.35. The number of nitrogens with zero attached hydrogens (tertiary/aromatic N) is 2. The fraction of sp³-hybridized carbons (Fsp3) is 0.154. The minimum absolute atomic E-state index is 0.288. The summed E-state index contributed by atoms with van der Waals surface area (Å²) in [4.78, 5) is 15.7. The molecule has 2 aromatic heterocycles. The van der Waals surface area contributed by atoms with E-state index < -0.39 is 0 Å². The molecule has 0 fully saturated rings. The first-order chi connectivity index (χ1) is 8.66. The number of carbonyl (C=O) groups excluding carboxylic acids is 1. The van der Waals surface area contributed by atoms with Gasteiger partial charge in [0, 0.05) is 18.0 Å². The molecule has 0 unspecified atom stereocenters. The zero-order valence-electron chi connectivity index (χ0n) is 10.2. The predicted octanol–water partition coefficient (Wildman–Crippen LogP) is 2.06. The average Bonchev–Trinajstić information content (AvgIpc) is 2.70. The smallest absolute Gasteiger partial charge is 0.274 e. The van der Waals surface area contributed by atoms with Crippen LogP contribution in [0, 0.1) is 13.8 Å². The minimum atomic E-state index is -0.288. The molecular weight excluding hydrogens is 230 g/mol. The first-order valence-electron chi connectivity index (χ1n) is 5.47. The van der Waals surface area contributed by atoms with Crippen molar-refractivity contribution >= 4 is 12.1 Å². The molecular formula is C13H13N3O2. The number of amides is 1. The Balaban J connectivity index is 2.01. The molecule has 0 saturated heterocycles. The number of carbonyl (C=O) groups is 1. The summed E-state index contributed by atoms with van der Waals surface area (Å²) in [6, 6.07) is 5.33. The molecule has 2 rings (SSSR count). The first kappa shape index (κ1) is 12.0. The molecule has 5 heteroatoms. The number of hydrogen-bond acceptors (Lipinski definition) is 4. The molecule has 1 N–H and O–H groups in total. The van der Waals surface area contributed by atoms with Gasteiger partial charge in [-0.3, -0.25) is 9.78 Å². The Hall–Kier alpha value is -2.43. The summed E-state index contributed by atoms with van der Waals surface area (Å²) < 4.78 is 5.28. The SMILES string of the molecule is Cc1cc(C(=O)N/N=C\c2cccnc2)c(C)o1. The van der Waals surface area contributed by atoms with E-state index in [4.69, 9.17) is 4.42 Å². The Morgan fingerprint density at radius 1 is 1.50 bits per heavy atom. The van der Waals surface area contributed by atoms with E-state index >= 15 is 0 Å². The van der Waals surface area contributed by atoms with Crippen molar-refractivity contribution in [2.24, 2.45) is 5.10 Å². The molecule has 0 saturated carbocycles. The van der Waals surface area contributed by atoms with E-state index in [0.29, 0.717) is 17.1 Å². The van der Waals surface area contributed by atoms with Crippen LogP contribution in [0.1, 0.15) is 27.4 Å². The third kappa shape index (κ3) is 2.82. The molecule has 0 aliphatic rings. The Morgan fingerprint density at radius 3 is 2.94 bits per heavy atom. The fourth-order valence-electron chi connectivity index (χ4n) is 1.53. The third-order valence-electron chi connectivity index (χ3n) is 2.35. The molecule has 0 bridgehead atoms. The lowest BCUT2D eigenvalue weighted by molar-refractivity contribution is 0.0953. The number of furan rings is 1. The molecule has 0 atom stereocenters. The summed E-state index contributed by atoms with van der Waals surface area (Å²) in [5, 5.41) is 3.86. The van der Waals surface area contributed by atoms with Gasteiger partial charge in [-0.1, -0.05) is 6.07 Å². The van der Waals surface area contributed by atoms with E-state index in [2.05, 4.69) is 15.5 Å². The summed E-state index contributed by atoms with van der Waals surface area (Å²) >= 11 is 0. The van der Waals surface area contributed by atoms with Crippen LogP contribution in [-0.4, -0.2) is 17.1 Å². The van der Waals surface area contributed by atoms with Gasteiger partial charge in [0.2, 0.25) is 0 Å². The lowest BCUT2D eigenvalue weighted by Crippen LogP contribution is -2.17. The van der Waals surface area contributed by atoms with Gasteiger partial charge in [0.15, 0.2) is 0 Å². The van der Waals surface area contributed by atoms with Crippen LogP contribution < -0.4 is 5.43 Å². The van der Waals surface area contributed by atoms with Crippen molar-refractivity contribution in [2.45, 2.75) is 13.8 Å². The number of aromatic nitrogens is 1. The molecule has 0 aromatic carbocycles. The molecule has 2 aromatic rings. The zero-order valence-corrected chi connectivity index (χ0v) is 10.2. The van der Waals surface area contributed by atoms with Gasteiger partial charge in [0.05, 0.1) is 11.8 Å². The van der Waals surface area contributed by atoms with Gasteiger partial charge in [-0.25, -0.2) is 5.43 Å². The van der Waals surface area contributed by atoms with Crippen molar-refractivity contribution < 1.29 is 9.21 Å². The van der Waals surface area contributed by atoms with Crippen LogP contribution in [-0.2, 0) is 0 Å². The van der Waals surface area contributed by atoms with Gasteiger partial charge >= 0.3 is 0 Å². The van der Waals surface area contributed by atoms with Gasteiger partial charge in [-0.2, -0.15) is 5.10 Å². The normalized spacial score (nSPS) is 10.8. The quantitative estimate of drug-likeness (QED) is 0.662. The van der Waals surface area contributed by atoms with E-state index in [1.54, 1.807) is 38.4 Å². The van der Waals surface area contributed by atoms with Crippen molar-refractivity contribution in [1.29, 1.82) is 0 Å². The maximum atomic E-state index is 11.8. The molecule has 1 amide bonds. The lowest BCUT2D eigenvalue weighted by Gasteiger charge is -1.96. The summed E-state index contributed by atoms with van der Waals surface area (Å²) in [7, 11) is 0. The van der Waals surface area contributed by atoms with E-state index in [1.165, 1.54) is 6.21 Å². The molecule has 18 heavy (non-hydrogen) atoms. The second-order valence-corrected chi connectivity index (χ2v) is 3.81. The van der Waals surface area contributed by atoms with Crippen molar-refractivity contribution in [1.82, 2.24) is 10.4 Å². The average molecular weight is 243 g/mol. The summed E-state index contributed by atoms with van der Waals surface area (Å²) in [5.74, 6) is 1.000. The number of pyridine rings is 1. The first-order valence-corrected chi connectivity index (χ1v) is 5.47. The van der Waals surface area contributed by atoms with Gasteiger partial charge in [0.1, 0.15) is 11.5 Å². The van der Waals surface area contributed by atoms with Crippen LogP contribution >= 0.6 is 0 Å². The molecule has 0 aliphatic carbocycles. The minimum Gasteiger partial charge on any atom is -0.466 e. The second kappa shape index (κ2) is 5.27. The van der Waals surface area contributed by atoms with Crippen molar-refractivity contribution in [3.05, 3.63) is 53.2 Å². The van der Waals surface area contributed by atoms with E-state index in [-0.39, 0.29) is 5.91 Å². The van der Waals surface area contributed by atoms with Gasteiger partial charge in [-0.15, -0.1) is 0 Å². The highest BCUT2D eigenvalue weighted by Crippen LogP contribution is 2.13. The van der Waals surface area contributed by atoms with E-state index in [9.17, 15) is 4.79 Å². The molecule has 5 nitrogen and oxygen atoms in total. The van der Waals surface area contributed by atoms with Crippen molar-refractivity contribution in [2.75, 3.05) is 0 Å². The standard InChI is InChI=1S/C13H13N3O2/c1-9-6-12(10(2)18-9)13(17)16-15-8-11-4-3-5-14-7-11/h3-8H,1-2H3,(H,16,17)/b15-8-. The van der Waals surface area contributed by atoms with Crippen LogP contribution in [0.5, 0.6) is 0 Å². The highest BCUT2D eigenvalue weighted by atomic mass is 16.3. The number of hydrogen-bond donors (Lipinski definition) is 1. The zero-order chi connectivity index (χ0) is 13.0. The fourth-order valence-corrected chi connectivity index (χ4v) is 1.53. The predicted molar refractivity (Wildman–Crippen MR) is 67.5 cm³/mol. The van der Waals surface area contributed by atoms with Gasteiger partial charge in [-0.05, 0) is 26.0 Å². The summed E-state index contributed by atoms with van der Waals surface area (Å²) in [6.45, 7) is 3.54. The summed E-state index contributed by atoms with van der Waals surface area (Å²) in [5.41, 5.74) is 3.76. The van der Waals surface area contributed by atoms with Crippen LogP contribution in [0.15, 0.2) is 40.1 Å². The lowest BCUT2D eigenvalue weighted by atomic mass is 10.2. The molecule has 0 radical (unpaired) electrons. The van der Waals surface area contributed by atoms with Gasteiger partial charge < -0.3 is 4.42 Å². The van der Waals surface area contributed by atoms with Gasteiger partial charge in [0.25, 0.3) is 5.91 Å². The molecule has 92 valence electrons. The monoisotopic (exact) mass is 243 g/mol. The highest BCUT2D eigenvalue weighted by Gasteiger charge is 2.12. The number of nitrogens with one attached hydrogen (secondary N) is 1. The topological polar surface area (TPSA) is 67.5 Å². The molecule has 2 heterocycles. The van der Waals surface area contributed by atoms with E-state index in [0.717, 1.165) is 5.56 Å². The molecule has 0 aliphatic heterocycles. The maximum absolute atomic E-state index is 11.8.